The minimum atomic E-state index is 0.0273. The lowest BCUT2D eigenvalue weighted by atomic mass is 9.72. The molecule has 1 aliphatic rings. The Morgan fingerprint density at radius 2 is 1.06 bits per heavy atom. The summed E-state index contributed by atoms with van der Waals surface area (Å²) in [5, 5.41) is 7.89. The van der Waals surface area contributed by atoms with Crippen molar-refractivity contribution in [3.63, 3.8) is 0 Å². The molecule has 0 fully saturated rings. The van der Waals surface area contributed by atoms with E-state index in [9.17, 15) is 0 Å². The van der Waals surface area contributed by atoms with Gasteiger partial charge in [0.15, 0.2) is 0 Å². The standard InChI is InChI=1S/C48H44/c1-47(2,3)33-24-26-42-43(29-33)45(39-22-14-18-32-17-10-11-19-35(32)39)41-25-23-34(48(4,5)6)30-44(41)46(42)40-28-27-36(31-15-8-7-9-16-31)37-20-12-13-21-38(37)40/h7-23,25,27-30H,24,26H2,1-6H3. The summed E-state index contributed by atoms with van der Waals surface area (Å²) < 4.78 is 0. The van der Waals surface area contributed by atoms with Crippen LogP contribution in [0.5, 0.6) is 0 Å². The molecule has 236 valence electrons. The van der Waals surface area contributed by atoms with Crippen LogP contribution < -0.4 is 0 Å². The van der Waals surface area contributed by atoms with Gasteiger partial charge in [0.1, 0.15) is 0 Å². The zero-order valence-corrected chi connectivity index (χ0v) is 29.1. The van der Waals surface area contributed by atoms with Crippen LogP contribution in [0, 0.1) is 5.41 Å². The lowest BCUT2D eigenvalue weighted by Crippen LogP contribution is -2.15. The molecule has 7 aromatic carbocycles. The predicted molar refractivity (Wildman–Crippen MR) is 210 cm³/mol. The first kappa shape index (κ1) is 30.4. The summed E-state index contributed by atoms with van der Waals surface area (Å²) in [5.74, 6) is 0. The van der Waals surface area contributed by atoms with Crippen molar-refractivity contribution < 1.29 is 0 Å². The molecule has 0 spiro atoms. The third-order valence-corrected chi connectivity index (χ3v) is 10.6. The highest BCUT2D eigenvalue weighted by molar-refractivity contribution is 6.17. The number of hydrogen-bond donors (Lipinski definition) is 0. The zero-order valence-electron chi connectivity index (χ0n) is 29.1. The first-order chi connectivity index (χ1) is 23.1. The van der Waals surface area contributed by atoms with Gasteiger partial charge in [-0.3, -0.25) is 0 Å². The Labute approximate surface area is 285 Å². The molecule has 0 bridgehead atoms. The number of benzene rings is 7. The molecule has 0 atom stereocenters. The van der Waals surface area contributed by atoms with Crippen LogP contribution in [0.2, 0.25) is 0 Å². The topological polar surface area (TPSA) is 0 Å². The summed E-state index contributed by atoms with van der Waals surface area (Å²) in [6, 6.07) is 47.7. The average Bonchev–Trinajstić information content (AvgIpc) is 3.09. The van der Waals surface area contributed by atoms with E-state index in [0.717, 1.165) is 12.8 Å². The summed E-state index contributed by atoms with van der Waals surface area (Å²) in [6.45, 7) is 14.1. The largest absolute Gasteiger partial charge is 0.0639 e. The Bertz CT molecular complexity index is 2380. The van der Waals surface area contributed by atoms with Gasteiger partial charge in [0.25, 0.3) is 0 Å². The Balaban J connectivity index is 1.55. The Morgan fingerprint density at radius 1 is 0.438 bits per heavy atom. The number of fused-ring (bicyclic) bond motifs is 4. The minimum Gasteiger partial charge on any atom is -0.0639 e. The van der Waals surface area contributed by atoms with Crippen molar-refractivity contribution in [2.45, 2.75) is 59.8 Å². The van der Waals surface area contributed by atoms with Crippen LogP contribution in [0.4, 0.5) is 0 Å². The third-order valence-electron chi connectivity index (χ3n) is 10.6. The molecule has 0 radical (unpaired) electrons. The SMILES string of the molecule is CC(C)(C)C1=Cc2c(c(-c3ccc(-c4ccccc4)c4ccccc34)c3cc(C(C)(C)C)ccc3c2-c2cccc3ccccc23)CC1. The second-order valence-corrected chi connectivity index (χ2v) is 15.7. The van der Waals surface area contributed by atoms with Gasteiger partial charge in [-0.05, 0) is 112 Å². The molecule has 0 saturated heterocycles. The minimum absolute atomic E-state index is 0.0273. The Hall–Kier alpha value is -4.94. The molecule has 8 rings (SSSR count). The van der Waals surface area contributed by atoms with E-state index in [4.69, 9.17) is 0 Å². The highest BCUT2D eigenvalue weighted by Gasteiger charge is 2.29. The van der Waals surface area contributed by atoms with Crippen LogP contribution in [0.15, 0.2) is 133 Å². The van der Waals surface area contributed by atoms with E-state index in [1.165, 1.54) is 88.0 Å². The van der Waals surface area contributed by atoms with Gasteiger partial charge in [0, 0.05) is 0 Å². The molecule has 48 heavy (non-hydrogen) atoms. The highest BCUT2D eigenvalue weighted by Crippen LogP contribution is 2.50. The second kappa shape index (κ2) is 11.3. The number of hydrogen-bond acceptors (Lipinski definition) is 0. The van der Waals surface area contributed by atoms with Gasteiger partial charge in [0.2, 0.25) is 0 Å². The Kier molecular flexibility index (Phi) is 7.18. The summed E-state index contributed by atoms with van der Waals surface area (Å²) in [7, 11) is 0. The summed E-state index contributed by atoms with van der Waals surface area (Å²) in [6.07, 6.45) is 4.66. The molecule has 0 saturated carbocycles. The maximum absolute atomic E-state index is 2.57. The fourth-order valence-electron chi connectivity index (χ4n) is 7.97. The average molecular weight is 621 g/mol. The molecule has 0 N–H and O–H groups in total. The van der Waals surface area contributed by atoms with Crippen molar-refractivity contribution in [2.24, 2.45) is 5.41 Å². The summed E-state index contributed by atoms with van der Waals surface area (Å²) >= 11 is 0. The van der Waals surface area contributed by atoms with Crippen molar-refractivity contribution in [1.82, 2.24) is 0 Å². The van der Waals surface area contributed by atoms with Gasteiger partial charge in [0.05, 0.1) is 0 Å². The van der Waals surface area contributed by atoms with Crippen LogP contribution in [0.25, 0.3) is 71.8 Å². The van der Waals surface area contributed by atoms with Gasteiger partial charge in [-0.15, -0.1) is 0 Å². The van der Waals surface area contributed by atoms with E-state index in [1.807, 2.05) is 0 Å². The van der Waals surface area contributed by atoms with Crippen molar-refractivity contribution in [3.05, 3.63) is 150 Å². The third kappa shape index (κ3) is 5.06. The number of rotatable bonds is 3. The Morgan fingerprint density at radius 3 is 1.79 bits per heavy atom. The normalized spacial score (nSPS) is 13.6. The summed E-state index contributed by atoms with van der Waals surface area (Å²) in [5.41, 5.74) is 13.8. The molecule has 0 unspecified atom stereocenters. The molecule has 0 heterocycles. The lowest BCUT2D eigenvalue weighted by molar-refractivity contribution is 0.484. The molecule has 0 aliphatic heterocycles. The van der Waals surface area contributed by atoms with Crippen LogP contribution in [-0.2, 0) is 11.8 Å². The van der Waals surface area contributed by atoms with E-state index < -0.39 is 0 Å². The van der Waals surface area contributed by atoms with E-state index in [2.05, 4.69) is 175 Å². The predicted octanol–water partition coefficient (Wildman–Crippen LogP) is 13.8. The molecule has 0 nitrogen and oxygen atoms in total. The van der Waals surface area contributed by atoms with Crippen LogP contribution in [0.3, 0.4) is 0 Å². The van der Waals surface area contributed by atoms with E-state index in [0.29, 0.717) is 0 Å². The molecule has 0 aromatic heterocycles. The van der Waals surface area contributed by atoms with E-state index >= 15 is 0 Å². The van der Waals surface area contributed by atoms with Gasteiger partial charge in [-0.25, -0.2) is 0 Å². The van der Waals surface area contributed by atoms with Gasteiger partial charge in [-0.1, -0.05) is 175 Å². The summed E-state index contributed by atoms with van der Waals surface area (Å²) in [4.78, 5) is 0. The fraction of sp³-hybridized carbons (Fsp3) is 0.208. The van der Waals surface area contributed by atoms with Gasteiger partial charge < -0.3 is 0 Å². The molecule has 7 aromatic rings. The second-order valence-electron chi connectivity index (χ2n) is 15.7. The molecule has 0 heteroatoms. The molecule has 0 amide bonds. The smallest absolute Gasteiger partial charge is 0.00234 e. The van der Waals surface area contributed by atoms with Crippen molar-refractivity contribution >= 4 is 38.4 Å². The van der Waals surface area contributed by atoms with Crippen molar-refractivity contribution in [3.8, 4) is 33.4 Å². The van der Waals surface area contributed by atoms with Crippen molar-refractivity contribution in [2.75, 3.05) is 0 Å². The monoisotopic (exact) mass is 620 g/mol. The van der Waals surface area contributed by atoms with Crippen LogP contribution >= 0.6 is 0 Å². The molecular formula is C48H44. The van der Waals surface area contributed by atoms with Gasteiger partial charge in [-0.2, -0.15) is 0 Å². The maximum Gasteiger partial charge on any atom is -0.00234 e. The molecule has 1 aliphatic carbocycles. The highest BCUT2D eigenvalue weighted by atomic mass is 14.3. The first-order valence-corrected chi connectivity index (χ1v) is 17.5. The fourth-order valence-corrected chi connectivity index (χ4v) is 7.97. The van der Waals surface area contributed by atoms with Crippen LogP contribution in [0.1, 0.15) is 64.7 Å². The molecular weight excluding hydrogens is 577 g/mol. The maximum atomic E-state index is 2.57. The van der Waals surface area contributed by atoms with Crippen LogP contribution in [-0.4, -0.2) is 0 Å². The quantitative estimate of drug-likeness (QED) is 0.184. The van der Waals surface area contributed by atoms with E-state index in [1.54, 1.807) is 0 Å². The van der Waals surface area contributed by atoms with Gasteiger partial charge >= 0.3 is 0 Å². The lowest BCUT2D eigenvalue weighted by Gasteiger charge is -2.32. The number of allylic oxidation sites excluding steroid dienone is 1. The first-order valence-electron chi connectivity index (χ1n) is 17.5. The van der Waals surface area contributed by atoms with Crippen molar-refractivity contribution in [1.29, 1.82) is 0 Å². The zero-order chi connectivity index (χ0) is 33.2. The van der Waals surface area contributed by atoms with E-state index in [-0.39, 0.29) is 10.8 Å².